The highest BCUT2D eigenvalue weighted by atomic mass is 19.4. The van der Waals surface area contributed by atoms with Crippen molar-refractivity contribution in [1.82, 2.24) is 0 Å². The fraction of sp³-hybridized carbons (Fsp3) is 0.308. The van der Waals surface area contributed by atoms with Crippen molar-refractivity contribution in [2.24, 2.45) is 0 Å². The molecule has 0 aromatic heterocycles. The maximum Gasteiger partial charge on any atom is 0.414 e. The molecule has 0 bridgehead atoms. The molecule has 1 atom stereocenters. The Labute approximate surface area is 98.9 Å². The van der Waals surface area contributed by atoms with E-state index in [1.807, 2.05) is 0 Å². The van der Waals surface area contributed by atoms with E-state index < -0.39 is 12.3 Å². The van der Waals surface area contributed by atoms with Gasteiger partial charge >= 0.3 is 6.18 Å². The van der Waals surface area contributed by atoms with Gasteiger partial charge in [-0.3, -0.25) is 0 Å². The molecule has 0 amide bonds. The lowest BCUT2D eigenvalue weighted by Gasteiger charge is -2.20. The number of hydrogen-bond acceptors (Lipinski definition) is 1. The van der Waals surface area contributed by atoms with Crippen LogP contribution >= 0.6 is 0 Å². The summed E-state index contributed by atoms with van der Waals surface area (Å²) in [4.78, 5) is 0. The molecule has 1 aromatic carbocycles. The summed E-state index contributed by atoms with van der Waals surface area (Å²) < 4.78 is 42.5. The fourth-order valence-electron chi connectivity index (χ4n) is 1.28. The van der Waals surface area contributed by atoms with Crippen LogP contribution in [0.3, 0.4) is 0 Å². The third kappa shape index (κ3) is 5.04. The van der Waals surface area contributed by atoms with Crippen LogP contribution in [-0.2, 0) is 11.3 Å². The van der Waals surface area contributed by atoms with Crippen LogP contribution in [0.4, 0.5) is 13.2 Å². The van der Waals surface area contributed by atoms with Gasteiger partial charge in [0.2, 0.25) is 0 Å². The third-order valence-electron chi connectivity index (χ3n) is 2.11. The molecule has 0 N–H and O–H groups in total. The lowest BCUT2D eigenvalue weighted by atomic mass is 10.2. The lowest BCUT2D eigenvalue weighted by molar-refractivity contribution is -0.212. The Morgan fingerprint density at radius 2 is 1.88 bits per heavy atom. The number of hydrogen-bond donors (Lipinski definition) is 0. The predicted octanol–water partition coefficient (Wildman–Crippen LogP) is 3.91. The highest BCUT2D eigenvalue weighted by Gasteiger charge is 2.40. The third-order valence-corrected chi connectivity index (χ3v) is 2.11. The normalized spacial score (nSPS) is 13.4. The van der Waals surface area contributed by atoms with Crippen molar-refractivity contribution in [2.45, 2.75) is 25.3 Å². The quantitative estimate of drug-likeness (QED) is 0.688. The Morgan fingerprint density at radius 3 is 2.41 bits per heavy atom. The largest absolute Gasteiger partial charge is 0.414 e. The molecule has 0 aliphatic rings. The number of halogens is 3. The summed E-state index contributed by atoms with van der Waals surface area (Å²) in [5, 5.41) is 0. The first-order valence-corrected chi connectivity index (χ1v) is 5.20. The van der Waals surface area contributed by atoms with Gasteiger partial charge in [-0.15, -0.1) is 6.58 Å². The van der Waals surface area contributed by atoms with Gasteiger partial charge in [0.25, 0.3) is 0 Å². The monoisotopic (exact) mass is 243 g/mol. The molecular weight excluding hydrogens is 229 g/mol. The molecule has 0 saturated carbocycles. The summed E-state index contributed by atoms with van der Waals surface area (Å²) >= 11 is 0. The highest BCUT2D eigenvalue weighted by Crippen LogP contribution is 2.26. The minimum Gasteiger partial charge on any atom is -0.364 e. The molecule has 1 rings (SSSR count). The van der Waals surface area contributed by atoms with Crippen molar-refractivity contribution >= 4 is 0 Å². The molecule has 1 nitrogen and oxygen atoms in total. The molecule has 1 radical (unpaired) electrons. The zero-order chi connectivity index (χ0) is 12.7. The van der Waals surface area contributed by atoms with Gasteiger partial charge in [0.05, 0.1) is 6.61 Å². The van der Waals surface area contributed by atoms with E-state index in [0.29, 0.717) is 5.56 Å². The van der Waals surface area contributed by atoms with Gasteiger partial charge in [-0.2, -0.15) is 13.2 Å². The minimum atomic E-state index is -4.38. The predicted molar refractivity (Wildman–Crippen MR) is 60.2 cm³/mol. The van der Waals surface area contributed by atoms with E-state index >= 15 is 0 Å². The maximum absolute atomic E-state index is 12.6. The maximum atomic E-state index is 12.6. The van der Waals surface area contributed by atoms with Gasteiger partial charge in [0.1, 0.15) is 0 Å². The van der Waals surface area contributed by atoms with E-state index in [1.54, 1.807) is 30.3 Å². The first-order chi connectivity index (χ1) is 8.04. The van der Waals surface area contributed by atoms with Crippen molar-refractivity contribution in [1.29, 1.82) is 0 Å². The summed E-state index contributed by atoms with van der Waals surface area (Å²) in [6.07, 6.45) is -3.59. The molecule has 0 spiro atoms. The van der Waals surface area contributed by atoms with Crippen molar-refractivity contribution in [3.05, 3.63) is 55.0 Å². The van der Waals surface area contributed by atoms with Crippen molar-refractivity contribution in [2.75, 3.05) is 0 Å². The number of benzene rings is 1. The molecule has 4 heteroatoms. The second kappa shape index (κ2) is 6.45. The second-order valence-corrected chi connectivity index (χ2v) is 3.52. The van der Waals surface area contributed by atoms with Gasteiger partial charge in [0, 0.05) is 6.42 Å². The Kier molecular flexibility index (Phi) is 5.22. The fourth-order valence-corrected chi connectivity index (χ4v) is 1.28. The summed E-state index contributed by atoms with van der Waals surface area (Å²) in [6, 6.07) is 8.76. The average molecular weight is 243 g/mol. The molecule has 0 saturated heterocycles. The van der Waals surface area contributed by atoms with Gasteiger partial charge in [-0.1, -0.05) is 36.4 Å². The second-order valence-electron chi connectivity index (χ2n) is 3.52. The molecule has 93 valence electrons. The Bertz CT molecular complexity index is 332. The number of ether oxygens (including phenoxy) is 1. The minimum absolute atomic E-state index is 0.0569. The number of rotatable bonds is 6. The van der Waals surface area contributed by atoms with Gasteiger partial charge in [-0.25, -0.2) is 0 Å². The van der Waals surface area contributed by atoms with E-state index in [4.69, 9.17) is 4.74 Å². The van der Waals surface area contributed by atoms with E-state index in [1.165, 1.54) is 6.08 Å². The zero-order valence-electron chi connectivity index (χ0n) is 9.28. The first kappa shape index (κ1) is 13.8. The molecule has 0 aliphatic heterocycles. The van der Waals surface area contributed by atoms with Crippen molar-refractivity contribution in [3.63, 3.8) is 0 Å². The van der Waals surface area contributed by atoms with Crippen LogP contribution < -0.4 is 0 Å². The van der Waals surface area contributed by atoms with E-state index in [9.17, 15) is 13.2 Å². The Hall–Kier alpha value is -1.29. The van der Waals surface area contributed by atoms with Crippen molar-refractivity contribution < 1.29 is 17.9 Å². The molecule has 0 unspecified atom stereocenters. The van der Waals surface area contributed by atoms with E-state index in [2.05, 4.69) is 6.58 Å². The SMILES string of the molecule is C=CC[CH][C@@H](OCc1ccccc1)C(F)(F)F. The summed E-state index contributed by atoms with van der Waals surface area (Å²) in [5.41, 5.74) is 0.716. The number of alkyl halides is 3. The molecule has 0 aliphatic carbocycles. The van der Waals surface area contributed by atoms with Crippen LogP contribution in [0.25, 0.3) is 0 Å². The van der Waals surface area contributed by atoms with E-state index in [-0.39, 0.29) is 13.0 Å². The summed E-state index contributed by atoms with van der Waals surface area (Å²) in [5.74, 6) is 0. The van der Waals surface area contributed by atoms with Crippen LogP contribution in [0.5, 0.6) is 0 Å². The number of allylic oxidation sites excluding steroid dienone is 1. The molecule has 0 fully saturated rings. The van der Waals surface area contributed by atoms with Crippen LogP contribution in [0.15, 0.2) is 43.0 Å². The topological polar surface area (TPSA) is 9.23 Å². The smallest absolute Gasteiger partial charge is 0.364 e. The Morgan fingerprint density at radius 1 is 1.24 bits per heavy atom. The molecule has 17 heavy (non-hydrogen) atoms. The highest BCUT2D eigenvalue weighted by molar-refractivity contribution is 5.13. The zero-order valence-corrected chi connectivity index (χ0v) is 9.28. The van der Waals surface area contributed by atoms with Crippen LogP contribution in [0, 0.1) is 6.42 Å². The van der Waals surface area contributed by atoms with Crippen LogP contribution in [0.1, 0.15) is 12.0 Å². The lowest BCUT2D eigenvalue weighted by Crippen LogP contribution is -2.32. The average Bonchev–Trinajstić information content (AvgIpc) is 2.29. The summed E-state index contributed by atoms with van der Waals surface area (Å²) in [7, 11) is 0. The van der Waals surface area contributed by atoms with Gasteiger partial charge in [0.15, 0.2) is 6.10 Å². The van der Waals surface area contributed by atoms with Crippen molar-refractivity contribution in [3.8, 4) is 0 Å². The molecule has 1 aromatic rings. The van der Waals surface area contributed by atoms with Crippen LogP contribution in [-0.4, -0.2) is 12.3 Å². The Balaban J connectivity index is 2.52. The van der Waals surface area contributed by atoms with E-state index in [0.717, 1.165) is 6.42 Å². The van der Waals surface area contributed by atoms with Crippen LogP contribution in [0.2, 0.25) is 0 Å². The molecule has 0 heterocycles. The summed E-state index contributed by atoms with van der Waals surface area (Å²) in [6.45, 7) is 3.32. The standard InChI is InChI=1S/C13H14F3O/c1-2-3-9-12(13(14,15)16)17-10-11-7-5-4-6-8-11/h2,4-9,12H,1,3,10H2/t12-/m1/s1. The molecular formula is C13H14F3O. The first-order valence-electron chi connectivity index (χ1n) is 5.20. The van der Waals surface area contributed by atoms with Gasteiger partial charge < -0.3 is 4.74 Å². The van der Waals surface area contributed by atoms with Gasteiger partial charge in [-0.05, 0) is 12.0 Å².